The maximum absolute atomic E-state index is 5.96. The summed E-state index contributed by atoms with van der Waals surface area (Å²) in [6.45, 7) is 4.45. The smallest absolute Gasteiger partial charge is 0.191 e. The zero-order valence-corrected chi connectivity index (χ0v) is 17.9. The van der Waals surface area contributed by atoms with Crippen molar-refractivity contribution in [1.82, 2.24) is 10.6 Å². The molecule has 136 valence electrons. The Kier molecular flexibility index (Phi) is 8.02. The van der Waals surface area contributed by atoms with Crippen LogP contribution in [0.5, 0.6) is 5.75 Å². The number of rotatable bonds is 7. The van der Waals surface area contributed by atoms with Gasteiger partial charge in [-0.25, -0.2) is 0 Å². The van der Waals surface area contributed by atoms with Crippen LogP contribution in [0.3, 0.4) is 0 Å². The molecule has 2 N–H and O–H groups in total. The van der Waals surface area contributed by atoms with E-state index in [1.54, 1.807) is 7.05 Å². The number of para-hydroxylation sites is 1. The molecule has 1 heterocycles. The minimum absolute atomic E-state index is 0. The number of thiophene rings is 1. The first kappa shape index (κ1) is 20.0. The van der Waals surface area contributed by atoms with Gasteiger partial charge in [0, 0.05) is 28.9 Å². The molecule has 1 aliphatic rings. The Bertz CT molecular complexity index is 697. The molecule has 1 aliphatic carbocycles. The third-order valence-corrected chi connectivity index (χ3v) is 5.04. The van der Waals surface area contributed by atoms with Crippen LogP contribution in [0.2, 0.25) is 0 Å². The molecule has 1 aromatic heterocycles. The predicted molar refractivity (Wildman–Crippen MR) is 116 cm³/mol. The lowest BCUT2D eigenvalue weighted by atomic mass is 10.2. The maximum Gasteiger partial charge on any atom is 0.191 e. The van der Waals surface area contributed by atoms with Gasteiger partial charge in [-0.1, -0.05) is 18.2 Å². The van der Waals surface area contributed by atoms with Crippen molar-refractivity contribution >= 4 is 41.3 Å². The second kappa shape index (κ2) is 10.0. The van der Waals surface area contributed by atoms with Crippen LogP contribution in [-0.2, 0) is 13.1 Å². The number of ether oxygens (including phenoxy) is 1. The van der Waals surface area contributed by atoms with Gasteiger partial charge in [0.05, 0.1) is 13.2 Å². The average Bonchev–Trinajstić information content (AvgIpc) is 3.34. The fourth-order valence-corrected chi connectivity index (χ4v) is 3.26. The lowest BCUT2D eigenvalue weighted by Crippen LogP contribution is -2.36. The Morgan fingerprint density at radius 3 is 2.60 bits per heavy atom. The lowest BCUT2D eigenvalue weighted by molar-refractivity contribution is 0.296. The van der Waals surface area contributed by atoms with Crippen LogP contribution in [0, 0.1) is 12.8 Å². The van der Waals surface area contributed by atoms with Crippen LogP contribution >= 0.6 is 35.3 Å². The van der Waals surface area contributed by atoms with Crippen LogP contribution in [-0.4, -0.2) is 19.6 Å². The van der Waals surface area contributed by atoms with Gasteiger partial charge in [0.1, 0.15) is 5.75 Å². The van der Waals surface area contributed by atoms with Gasteiger partial charge in [-0.05, 0) is 43.9 Å². The van der Waals surface area contributed by atoms with E-state index >= 15 is 0 Å². The molecule has 25 heavy (non-hydrogen) atoms. The summed E-state index contributed by atoms with van der Waals surface area (Å²) in [7, 11) is 1.80. The van der Waals surface area contributed by atoms with Gasteiger partial charge in [-0.15, -0.1) is 35.3 Å². The summed E-state index contributed by atoms with van der Waals surface area (Å²) in [5.74, 6) is 2.54. The topological polar surface area (TPSA) is 45.7 Å². The van der Waals surface area contributed by atoms with Gasteiger partial charge in [-0.3, -0.25) is 4.99 Å². The average molecular weight is 471 g/mol. The lowest BCUT2D eigenvalue weighted by Gasteiger charge is -2.14. The number of hydrogen-bond acceptors (Lipinski definition) is 3. The SMILES string of the molecule is CN=C(NCc1ccc(C)s1)NCc1ccccc1OCC1CC1.I. The van der Waals surface area contributed by atoms with Crippen molar-refractivity contribution in [3.63, 3.8) is 0 Å². The van der Waals surface area contributed by atoms with Crippen molar-refractivity contribution < 1.29 is 4.74 Å². The minimum Gasteiger partial charge on any atom is -0.493 e. The number of halogens is 1. The molecule has 2 aromatic rings. The summed E-state index contributed by atoms with van der Waals surface area (Å²) in [4.78, 5) is 6.94. The van der Waals surface area contributed by atoms with E-state index in [2.05, 4.69) is 40.7 Å². The van der Waals surface area contributed by atoms with Crippen molar-refractivity contribution in [3.8, 4) is 5.75 Å². The van der Waals surface area contributed by atoms with E-state index in [4.69, 9.17) is 4.74 Å². The molecule has 0 spiro atoms. The number of nitrogens with zero attached hydrogens (tertiary/aromatic N) is 1. The number of aliphatic imine (C=N–C) groups is 1. The van der Waals surface area contributed by atoms with Gasteiger partial charge < -0.3 is 15.4 Å². The first-order valence-corrected chi connectivity index (χ1v) is 9.27. The Morgan fingerprint density at radius 2 is 1.92 bits per heavy atom. The minimum atomic E-state index is 0. The zero-order valence-electron chi connectivity index (χ0n) is 14.7. The van der Waals surface area contributed by atoms with E-state index in [0.29, 0.717) is 6.54 Å². The summed E-state index contributed by atoms with van der Waals surface area (Å²) >= 11 is 1.81. The van der Waals surface area contributed by atoms with Gasteiger partial charge in [-0.2, -0.15) is 0 Å². The highest BCUT2D eigenvalue weighted by molar-refractivity contribution is 14.0. The molecule has 0 radical (unpaired) electrons. The van der Waals surface area contributed by atoms with Crippen LogP contribution in [0.15, 0.2) is 41.4 Å². The third-order valence-electron chi connectivity index (χ3n) is 4.04. The van der Waals surface area contributed by atoms with Gasteiger partial charge in [0.15, 0.2) is 5.96 Å². The highest BCUT2D eigenvalue weighted by Crippen LogP contribution is 2.30. The summed E-state index contributed by atoms with van der Waals surface area (Å²) in [6.07, 6.45) is 2.61. The number of nitrogens with one attached hydrogen (secondary N) is 2. The van der Waals surface area contributed by atoms with E-state index in [0.717, 1.165) is 36.3 Å². The molecule has 1 fully saturated rings. The summed E-state index contributed by atoms with van der Waals surface area (Å²) in [5, 5.41) is 6.73. The second-order valence-electron chi connectivity index (χ2n) is 6.15. The maximum atomic E-state index is 5.96. The Hall–Kier alpha value is -1.28. The van der Waals surface area contributed by atoms with Crippen molar-refractivity contribution in [2.45, 2.75) is 32.9 Å². The third kappa shape index (κ3) is 6.51. The van der Waals surface area contributed by atoms with E-state index in [9.17, 15) is 0 Å². The predicted octanol–water partition coefficient (Wildman–Crippen LogP) is 4.33. The molecular weight excluding hydrogens is 445 g/mol. The quantitative estimate of drug-likeness (QED) is 0.359. The Balaban J connectivity index is 0.00000225. The molecule has 0 unspecified atom stereocenters. The van der Waals surface area contributed by atoms with Gasteiger partial charge in [0.2, 0.25) is 0 Å². The van der Waals surface area contributed by atoms with Crippen molar-refractivity contribution in [2.24, 2.45) is 10.9 Å². The largest absolute Gasteiger partial charge is 0.493 e. The number of benzene rings is 1. The highest BCUT2D eigenvalue weighted by Gasteiger charge is 2.22. The van der Waals surface area contributed by atoms with E-state index in [1.807, 2.05) is 29.5 Å². The van der Waals surface area contributed by atoms with E-state index < -0.39 is 0 Å². The summed E-state index contributed by atoms with van der Waals surface area (Å²) in [5.41, 5.74) is 1.16. The second-order valence-corrected chi connectivity index (χ2v) is 7.53. The van der Waals surface area contributed by atoms with Gasteiger partial charge in [0.25, 0.3) is 0 Å². The molecule has 1 saturated carbocycles. The molecule has 6 heteroatoms. The number of hydrogen-bond donors (Lipinski definition) is 2. The summed E-state index contributed by atoms with van der Waals surface area (Å²) in [6, 6.07) is 12.5. The fourth-order valence-electron chi connectivity index (χ4n) is 2.43. The van der Waals surface area contributed by atoms with Crippen molar-refractivity contribution in [2.75, 3.05) is 13.7 Å². The van der Waals surface area contributed by atoms with E-state index in [-0.39, 0.29) is 24.0 Å². The molecule has 3 rings (SSSR count). The van der Waals surface area contributed by atoms with Crippen LogP contribution in [0.4, 0.5) is 0 Å². The van der Waals surface area contributed by atoms with Crippen molar-refractivity contribution in [3.05, 3.63) is 51.7 Å². The van der Waals surface area contributed by atoms with Crippen molar-refractivity contribution in [1.29, 1.82) is 0 Å². The van der Waals surface area contributed by atoms with Crippen LogP contribution in [0.25, 0.3) is 0 Å². The number of aryl methyl sites for hydroxylation is 1. The molecule has 0 aliphatic heterocycles. The standard InChI is InChI=1S/C19H25N3OS.HI/c1-14-7-10-17(24-14)12-22-19(20-2)21-11-16-5-3-4-6-18(16)23-13-15-8-9-15;/h3-7,10,15H,8-9,11-13H2,1-2H3,(H2,20,21,22);1H. The monoisotopic (exact) mass is 471 g/mol. The van der Waals surface area contributed by atoms with Crippen LogP contribution < -0.4 is 15.4 Å². The molecule has 0 amide bonds. The van der Waals surface area contributed by atoms with E-state index in [1.165, 1.54) is 22.6 Å². The molecular formula is C19H26IN3OS. The molecule has 0 atom stereocenters. The summed E-state index contributed by atoms with van der Waals surface area (Å²) < 4.78 is 5.96. The first-order chi connectivity index (χ1) is 11.7. The fraction of sp³-hybridized carbons (Fsp3) is 0.421. The number of guanidine groups is 1. The van der Waals surface area contributed by atoms with Gasteiger partial charge >= 0.3 is 0 Å². The highest BCUT2D eigenvalue weighted by atomic mass is 127. The zero-order chi connectivity index (χ0) is 16.8. The Labute approximate surface area is 171 Å². The molecule has 0 saturated heterocycles. The normalized spacial score (nSPS) is 13.9. The molecule has 4 nitrogen and oxygen atoms in total. The molecule has 1 aromatic carbocycles. The van der Waals surface area contributed by atoms with Crippen LogP contribution in [0.1, 0.15) is 28.2 Å². The Morgan fingerprint density at radius 1 is 1.16 bits per heavy atom. The first-order valence-electron chi connectivity index (χ1n) is 8.45. The molecule has 0 bridgehead atoms.